The number of hydrogen-bond acceptors (Lipinski definition) is 1. The molecule has 1 heteroatoms. The third-order valence-electron chi connectivity index (χ3n) is 9.18. The van der Waals surface area contributed by atoms with E-state index in [0.717, 1.165) is 17.1 Å². The number of nitrogens with zero attached hydrogens (tertiary/aromatic N) is 1. The second-order valence-corrected chi connectivity index (χ2v) is 11.8. The molecule has 0 radical (unpaired) electrons. The quantitative estimate of drug-likeness (QED) is 0.190. The van der Waals surface area contributed by atoms with E-state index in [1.54, 1.807) is 0 Å². The maximum absolute atomic E-state index is 2.38. The first-order valence-corrected chi connectivity index (χ1v) is 15.5. The van der Waals surface area contributed by atoms with Crippen LogP contribution in [-0.2, 0) is 0 Å². The summed E-state index contributed by atoms with van der Waals surface area (Å²) in [5.41, 5.74) is 5.86. The molecule has 9 aromatic carbocycles. The molecule has 0 aliphatic heterocycles. The number of fused-ring (bicyclic) bond motifs is 7. The minimum absolute atomic E-state index is 1.12. The third-order valence-corrected chi connectivity index (χ3v) is 9.18. The van der Waals surface area contributed by atoms with Crippen molar-refractivity contribution in [3.05, 3.63) is 176 Å². The second kappa shape index (κ2) is 10.4. The lowest BCUT2D eigenvalue weighted by molar-refractivity contribution is 1.29. The topological polar surface area (TPSA) is 3.24 Å². The van der Waals surface area contributed by atoms with Gasteiger partial charge in [0.05, 0.1) is 0 Å². The van der Waals surface area contributed by atoms with Crippen LogP contribution in [0, 0.1) is 0 Å². The summed E-state index contributed by atoms with van der Waals surface area (Å²) in [4.78, 5) is 2.38. The molecule has 45 heavy (non-hydrogen) atoms. The highest BCUT2D eigenvalue weighted by molar-refractivity contribution is 6.14. The summed E-state index contributed by atoms with van der Waals surface area (Å²) in [5, 5.41) is 12.6. The van der Waals surface area contributed by atoms with Gasteiger partial charge >= 0.3 is 0 Å². The Morgan fingerprint density at radius 2 is 0.733 bits per heavy atom. The minimum atomic E-state index is 1.12. The number of benzene rings is 9. The summed E-state index contributed by atoms with van der Waals surface area (Å²) in [6, 6.07) is 64.1. The summed E-state index contributed by atoms with van der Waals surface area (Å²) in [5.74, 6) is 0. The molecule has 0 aliphatic carbocycles. The summed E-state index contributed by atoms with van der Waals surface area (Å²) in [6.07, 6.45) is 0. The molecular formula is C44H29N. The van der Waals surface area contributed by atoms with Gasteiger partial charge in [-0.05, 0) is 107 Å². The molecule has 0 bridgehead atoms. The van der Waals surface area contributed by atoms with Crippen molar-refractivity contribution in [3.63, 3.8) is 0 Å². The smallest absolute Gasteiger partial charge is 0.0468 e. The molecular weight excluding hydrogens is 542 g/mol. The van der Waals surface area contributed by atoms with Crippen molar-refractivity contribution in [2.75, 3.05) is 4.90 Å². The molecule has 9 rings (SSSR count). The van der Waals surface area contributed by atoms with E-state index < -0.39 is 0 Å². The van der Waals surface area contributed by atoms with Gasteiger partial charge in [0.25, 0.3) is 0 Å². The predicted octanol–water partition coefficient (Wildman–Crippen LogP) is 12.6. The van der Waals surface area contributed by atoms with E-state index in [9.17, 15) is 0 Å². The fourth-order valence-electron chi connectivity index (χ4n) is 6.99. The van der Waals surface area contributed by atoms with Crippen molar-refractivity contribution in [3.8, 4) is 11.1 Å². The summed E-state index contributed by atoms with van der Waals surface area (Å²) < 4.78 is 0. The fourth-order valence-corrected chi connectivity index (χ4v) is 6.99. The van der Waals surface area contributed by atoms with Crippen LogP contribution in [0.5, 0.6) is 0 Å². The monoisotopic (exact) mass is 571 g/mol. The Labute approximate surface area is 262 Å². The van der Waals surface area contributed by atoms with Crippen LogP contribution in [0.15, 0.2) is 176 Å². The van der Waals surface area contributed by atoms with E-state index in [1.165, 1.54) is 65.0 Å². The standard InChI is InChI=1S/C44H29N/c1-2-11-33-27-37(24-19-30(33)9-1)45(38-25-26-41-35(28-38)18-17-31-10-3-5-13-39(31)41)36-22-20-32(21-23-36)44-29-34-12-4-6-14-40(34)42-15-7-8-16-43(42)44/h1-29H. The SMILES string of the molecule is c1ccc2cc(N(c3ccc(-c4cc5ccccc5c5ccccc45)cc3)c3ccc4c(ccc5ccccc54)c3)ccc2c1. The molecule has 9 aromatic rings. The Balaban J connectivity index is 1.21. The van der Waals surface area contributed by atoms with Gasteiger partial charge < -0.3 is 4.90 Å². The zero-order valence-electron chi connectivity index (χ0n) is 24.7. The zero-order chi connectivity index (χ0) is 29.7. The Hall–Kier alpha value is -5.92. The van der Waals surface area contributed by atoms with Gasteiger partial charge in [-0.3, -0.25) is 0 Å². The molecule has 0 unspecified atom stereocenters. The molecule has 0 saturated carbocycles. The molecule has 1 nitrogen and oxygen atoms in total. The van der Waals surface area contributed by atoms with Crippen molar-refractivity contribution < 1.29 is 0 Å². The molecule has 0 amide bonds. The van der Waals surface area contributed by atoms with Crippen molar-refractivity contribution in [2.24, 2.45) is 0 Å². The first-order valence-electron chi connectivity index (χ1n) is 15.5. The molecule has 210 valence electrons. The molecule has 0 atom stereocenters. The second-order valence-electron chi connectivity index (χ2n) is 11.8. The van der Waals surface area contributed by atoms with Crippen LogP contribution in [0.25, 0.3) is 65.0 Å². The first kappa shape index (κ1) is 25.6. The van der Waals surface area contributed by atoms with Crippen molar-refractivity contribution in [1.82, 2.24) is 0 Å². The van der Waals surface area contributed by atoms with Crippen LogP contribution in [-0.4, -0.2) is 0 Å². The van der Waals surface area contributed by atoms with E-state index in [2.05, 4.69) is 181 Å². The van der Waals surface area contributed by atoms with Gasteiger partial charge in [0, 0.05) is 17.1 Å². The summed E-state index contributed by atoms with van der Waals surface area (Å²) in [6.45, 7) is 0. The zero-order valence-corrected chi connectivity index (χ0v) is 24.7. The van der Waals surface area contributed by atoms with Crippen LogP contribution in [0.3, 0.4) is 0 Å². The van der Waals surface area contributed by atoms with E-state index in [1.807, 2.05) is 0 Å². The lowest BCUT2D eigenvalue weighted by Gasteiger charge is -2.26. The number of rotatable bonds is 4. The Morgan fingerprint density at radius 1 is 0.267 bits per heavy atom. The highest BCUT2D eigenvalue weighted by Crippen LogP contribution is 2.40. The van der Waals surface area contributed by atoms with Crippen LogP contribution in [0.2, 0.25) is 0 Å². The lowest BCUT2D eigenvalue weighted by atomic mass is 9.93. The van der Waals surface area contributed by atoms with Gasteiger partial charge in [-0.1, -0.05) is 133 Å². The average Bonchev–Trinajstić information content (AvgIpc) is 3.11. The van der Waals surface area contributed by atoms with E-state index in [-0.39, 0.29) is 0 Å². The first-order chi connectivity index (χ1) is 22.3. The van der Waals surface area contributed by atoms with E-state index in [4.69, 9.17) is 0 Å². The van der Waals surface area contributed by atoms with Crippen LogP contribution >= 0.6 is 0 Å². The Morgan fingerprint density at radius 3 is 1.51 bits per heavy atom. The van der Waals surface area contributed by atoms with Gasteiger partial charge in [0.15, 0.2) is 0 Å². The highest BCUT2D eigenvalue weighted by Gasteiger charge is 2.16. The van der Waals surface area contributed by atoms with Gasteiger partial charge in [-0.2, -0.15) is 0 Å². The Bertz CT molecular complexity index is 2540. The molecule has 0 saturated heterocycles. The van der Waals surface area contributed by atoms with E-state index >= 15 is 0 Å². The van der Waals surface area contributed by atoms with Gasteiger partial charge in [0.2, 0.25) is 0 Å². The predicted molar refractivity (Wildman–Crippen MR) is 194 cm³/mol. The summed E-state index contributed by atoms with van der Waals surface area (Å²) >= 11 is 0. The highest BCUT2D eigenvalue weighted by atomic mass is 15.1. The van der Waals surface area contributed by atoms with Crippen LogP contribution in [0.4, 0.5) is 17.1 Å². The molecule has 0 aromatic heterocycles. The normalized spacial score (nSPS) is 11.6. The molecule has 0 fully saturated rings. The Kier molecular flexibility index (Phi) is 5.89. The molecule has 0 spiro atoms. The fraction of sp³-hybridized carbons (Fsp3) is 0. The van der Waals surface area contributed by atoms with Gasteiger partial charge in [0.1, 0.15) is 0 Å². The lowest BCUT2D eigenvalue weighted by Crippen LogP contribution is -2.10. The number of anilines is 3. The molecule has 0 heterocycles. The van der Waals surface area contributed by atoms with Crippen LogP contribution < -0.4 is 4.90 Å². The maximum Gasteiger partial charge on any atom is 0.0468 e. The average molecular weight is 572 g/mol. The van der Waals surface area contributed by atoms with Gasteiger partial charge in [-0.15, -0.1) is 0 Å². The largest absolute Gasteiger partial charge is 0.310 e. The number of hydrogen-bond donors (Lipinski definition) is 0. The maximum atomic E-state index is 2.38. The molecule has 0 N–H and O–H groups in total. The van der Waals surface area contributed by atoms with Crippen LogP contribution in [0.1, 0.15) is 0 Å². The van der Waals surface area contributed by atoms with E-state index in [0.29, 0.717) is 0 Å². The summed E-state index contributed by atoms with van der Waals surface area (Å²) in [7, 11) is 0. The van der Waals surface area contributed by atoms with Crippen molar-refractivity contribution >= 4 is 70.9 Å². The van der Waals surface area contributed by atoms with Gasteiger partial charge in [-0.25, -0.2) is 0 Å². The molecule has 0 aliphatic rings. The third kappa shape index (κ3) is 4.32. The minimum Gasteiger partial charge on any atom is -0.310 e. The van der Waals surface area contributed by atoms with Crippen molar-refractivity contribution in [1.29, 1.82) is 0 Å². The van der Waals surface area contributed by atoms with Crippen molar-refractivity contribution in [2.45, 2.75) is 0 Å².